The van der Waals surface area contributed by atoms with E-state index in [-0.39, 0.29) is 0 Å². The van der Waals surface area contributed by atoms with Gasteiger partial charge in [-0.3, -0.25) is 5.32 Å². The van der Waals surface area contributed by atoms with Gasteiger partial charge in [-0.15, -0.1) is 0 Å². The molecule has 0 saturated carbocycles. The molecule has 2 N–H and O–H groups in total. The molecule has 0 atom stereocenters. The van der Waals surface area contributed by atoms with Crippen LogP contribution in [0.1, 0.15) is 16.7 Å². The number of halogens is 1. The number of morpholine rings is 1. The highest BCUT2D eigenvalue weighted by molar-refractivity contribution is 5.83. The van der Waals surface area contributed by atoms with Crippen LogP contribution in [0.15, 0.2) is 66.7 Å². The Balaban J connectivity index is 1.36. The molecule has 1 saturated heterocycles. The third-order valence-electron chi connectivity index (χ3n) is 7.02. The van der Waals surface area contributed by atoms with Crippen molar-refractivity contribution in [1.29, 1.82) is 0 Å². The van der Waals surface area contributed by atoms with E-state index in [2.05, 4.69) is 10.2 Å². The van der Waals surface area contributed by atoms with Crippen LogP contribution >= 0.6 is 0 Å². The van der Waals surface area contributed by atoms with E-state index in [1.807, 2.05) is 36.4 Å². The van der Waals surface area contributed by atoms with E-state index < -0.39 is 11.9 Å². The number of hydrogen-bond donors (Lipinski definition) is 2. The van der Waals surface area contributed by atoms with Crippen LogP contribution in [-0.4, -0.2) is 49.6 Å². The predicted molar refractivity (Wildman–Crippen MR) is 151 cm³/mol. The molecule has 2 aliphatic heterocycles. The average molecular weight is 558 g/mol. The Bertz CT molecular complexity index is 1590. The Hall–Kier alpha value is -4.83. The second-order valence-electron chi connectivity index (χ2n) is 9.76. The number of ether oxygens (including phenoxy) is 4. The molecule has 3 heterocycles. The number of carbonyl (C=O) groups is 1. The van der Waals surface area contributed by atoms with E-state index in [4.69, 9.17) is 29.0 Å². The van der Waals surface area contributed by atoms with Crippen LogP contribution in [0.4, 0.5) is 20.6 Å². The van der Waals surface area contributed by atoms with Gasteiger partial charge in [0.2, 0.25) is 5.88 Å². The highest BCUT2D eigenvalue weighted by Crippen LogP contribution is 2.44. The number of fused-ring (bicyclic) bond motifs is 2. The lowest BCUT2D eigenvalue weighted by Crippen LogP contribution is -2.36. The molecule has 1 fully saturated rings. The number of aromatic nitrogens is 1. The molecule has 41 heavy (non-hydrogen) atoms. The number of benzene rings is 3. The van der Waals surface area contributed by atoms with Crippen LogP contribution in [0.3, 0.4) is 0 Å². The third-order valence-corrected chi connectivity index (χ3v) is 7.02. The van der Waals surface area contributed by atoms with Crippen molar-refractivity contribution in [3.8, 4) is 34.4 Å². The largest absolute Gasteiger partial charge is 0.497 e. The smallest absolute Gasteiger partial charge is 0.409 e. The molecule has 210 valence electrons. The van der Waals surface area contributed by atoms with E-state index >= 15 is 4.39 Å². The summed E-state index contributed by atoms with van der Waals surface area (Å²) in [7, 11) is 1.62. The van der Waals surface area contributed by atoms with Gasteiger partial charge >= 0.3 is 6.09 Å². The van der Waals surface area contributed by atoms with Gasteiger partial charge in [-0.25, -0.2) is 14.2 Å². The molecule has 4 aromatic rings. The summed E-state index contributed by atoms with van der Waals surface area (Å²) >= 11 is 0. The molecule has 9 nitrogen and oxygen atoms in total. The Morgan fingerprint density at radius 3 is 2.61 bits per heavy atom. The van der Waals surface area contributed by atoms with Gasteiger partial charge in [-0.2, -0.15) is 0 Å². The van der Waals surface area contributed by atoms with Gasteiger partial charge in [-0.1, -0.05) is 12.1 Å². The Labute approximate surface area is 236 Å². The minimum atomic E-state index is -1.16. The van der Waals surface area contributed by atoms with Gasteiger partial charge in [0.1, 0.15) is 29.7 Å². The second kappa shape index (κ2) is 11.3. The molecule has 0 unspecified atom stereocenters. The molecule has 0 radical (unpaired) electrons. The van der Waals surface area contributed by atoms with Crippen molar-refractivity contribution in [2.45, 2.75) is 13.0 Å². The number of methoxy groups -OCH3 is 1. The molecular formula is C31H28FN3O6. The molecule has 0 bridgehead atoms. The first kappa shape index (κ1) is 26.4. The van der Waals surface area contributed by atoms with E-state index in [0.717, 1.165) is 22.6 Å². The SMILES string of the molecule is COc1ccc(COc2cc(N3CCOCC3)cc(-c3cc(F)cc4c3Oc3ccc(NC(=O)O)cc3C4)n2)cc1. The van der Waals surface area contributed by atoms with Crippen molar-refractivity contribution in [3.05, 3.63) is 89.2 Å². The maximum Gasteiger partial charge on any atom is 0.409 e. The lowest BCUT2D eigenvalue weighted by atomic mass is 9.95. The first-order chi connectivity index (χ1) is 19.9. The van der Waals surface area contributed by atoms with Crippen LogP contribution in [0.5, 0.6) is 23.1 Å². The van der Waals surface area contributed by atoms with Crippen molar-refractivity contribution < 1.29 is 33.2 Å². The van der Waals surface area contributed by atoms with Crippen molar-refractivity contribution in [2.75, 3.05) is 43.6 Å². The number of anilines is 2. The topological polar surface area (TPSA) is 102 Å². The molecule has 3 aromatic carbocycles. The highest BCUT2D eigenvalue weighted by Gasteiger charge is 2.25. The molecule has 0 aliphatic carbocycles. The monoisotopic (exact) mass is 557 g/mol. The van der Waals surface area contributed by atoms with Crippen LogP contribution in [0.25, 0.3) is 11.3 Å². The quantitative estimate of drug-likeness (QED) is 0.248. The van der Waals surface area contributed by atoms with Crippen molar-refractivity contribution in [1.82, 2.24) is 4.98 Å². The maximum absolute atomic E-state index is 15.0. The zero-order chi connectivity index (χ0) is 28.3. The van der Waals surface area contributed by atoms with Gasteiger partial charge in [0, 0.05) is 53.6 Å². The summed E-state index contributed by atoms with van der Waals surface area (Å²) in [5, 5.41) is 11.4. The van der Waals surface area contributed by atoms with Crippen LogP contribution < -0.4 is 24.4 Å². The highest BCUT2D eigenvalue weighted by atomic mass is 19.1. The molecule has 0 spiro atoms. The lowest BCUT2D eigenvalue weighted by Gasteiger charge is -2.29. The lowest BCUT2D eigenvalue weighted by molar-refractivity contribution is 0.122. The maximum atomic E-state index is 15.0. The fraction of sp³-hybridized carbons (Fsp3) is 0.226. The number of rotatable bonds is 7. The Morgan fingerprint density at radius 2 is 1.85 bits per heavy atom. The normalized spacial score (nSPS) is 14.0. The molecule has 1 aromatic heterocycles. The van der Waals surface area contributed by atoms with Crippen LogP contribution in [-0.2, 0) is 17.8 Å². The first-order valence-corrected chi connectivity index (χ1v) is 13.2. The van der Waals surface area contributed by atoms with Gasteiger partial charge in [0.05, 0.1) is 26.0 Å². The van der Waals surface area contributed by atoms with Gasteiger partial charge in [-0.05, 0) is 54.1 Å². The fourth-order valence-corrected chi connectivity index (χ4v) is 5.01. The molecule has 10 heteroatoms. The van der Waals surface area contributed by atoms with E-state index in [0.29, 0.717) is 79.2 Å². The zero-order valence-corrected chi connectivity index (χ0v) is 22.4. The van der Waals surface area contributed by atoms with Crippen molar-refractivity contribution in [2.24, 2.45) is 0 Å². The van der Waals surface area contributed by atoms with E-state index in [9.17, 15) is 4.79 Å². The number of nitrogens with zero attached hydrogens (tertiary/aromatic N) is 2. The van der Waals surface area contributed by atoms with Gasteiger partial charge in [0.15, 0.2) is 0 Å². The molecule has 6 rings (SSSR count). The predicted octanol–water partition coefficient (Wildman–Crippen LogP) is 6.10. The molecular weight excluding hydrogens is 529 g/mol. The first-order valence-electron chi connectivity index (χ1n) is 13.2. The number of amides is 1. The molecule has 2 aliphatic rings. The van der Waals surface area contributed by atoms with Crippen molar-refractivity contribution >= 4 is 17.5 Å². The summed E-state index contributed by atoms with van der Waals surface area (Å²) in [6, 6.07) is 19.3. The molecule has 1 amide bonds. The Morgan fingerprint density at radius 1 is 1.05 bits per heavy atom. The summed E-state index contributed by atoms with van der Waals surface area (Å²) in [4.78, 5) is 18.0. The number of carboxylic acid groups (broad SMARTS) is 1. The number of pyridine rings is 1. The summed E-state index contributed by atoms with van der Waals surface area (Å²) in [5.74, 6) is 1.81. The summed E-state index contributed by atoms with van der Waals surface area (Å²) < 4.78 is 38.2. The van der Waals surface area contributed by atoms with E-state index in [1.54, 1.807) is 25.3 Å². The average Bonchev–Trinajstić information content (AvgIpc) is 2.99. The summed E-state index contributed by atoms with van der Waals surface area (Å²) in [5.41, 5.74) is 4.66. The summed E-state index contributed by atoms with van der Waals surface area (Å²) in [6.07, 6.45) is -0.791. The Kier molecular flexibility index (Phi) is 7.30. The third kappa shape index (κ3) is 5.87. The minimum absolute atomic E-state index is 0.293. The number of nitrogens with one attached hydrogen (secondary N) is 1. The standard InChI is InChI=1S/C31H28FN3O6/c1-38-25-5-2-19(3-6-25)18-40-29-17-24(35-8-10-39-11-9-35)16-27(34-29)26-15-22(32)13-21-12-20-14-23(33-31(36)37)4-7-28(20)41-30(21)26/h2-7,13-17,33H,8-12,18H2,1H3,(H,36,37). The zero-order valence-electron chi connectivity index (χ0n) is 22.4. The van der Waals surface area contributed by atoms with Crippen LogP contribution in [0, 0.1) is 5.82 Å². The fourth-order valence-electron chi connectivity index (χ4n) is 5.01. The van der Waals surface area contributed by atoms with E-state index in [1.165, 1.54) is 12.1 Å². The van der Waals surface area contributed by atoms with Gasteiger partial charge < -0.3 is 29.0 Å². The summed E-state index contributed by atoms with van der Waals surface area (Å²) in [6.45, 7) is 2.92. The minimum Gasteiger partial charge on any atom is -0.497 e. The van der Waals surface area contributed by atoms with Gasteiger partial charge in [0.25, 0.3) is 0 Å². The van der Waals surface area contributed by atoms with Crippen LogP contribution in [0.2, 0.25) is 0 Å². The van der Waals surface area contributed by atoms with Crippen molar-refractivity contribution in [3.63, 3.8) is 0 Å². The second-order valence-corrected chi connectivity index (χ2v) is 9.76. The number of hydrogen-bond acceptors (Lipinski definition) is 7.